The normalized spacial score (nSPS) is 22.0. The van der Waals surface area contributed by atoms with Gasteiger partial charge in [-0.25, -0.2) is 4.98 Å². The number of aryl methyl sites for hydroxylation is 1. The van der Waals surface area contributed by atoms with Crippen LogP contribution in [0.4, 0.5) is 5.95 Å². The molecular weight excluding hydrogens is 350 g/mol. The van der Waals surface area contributed by atoms with Crippen LogP contribution in [0.1, 0.15) is 26.1 Å². The van der Waals surface area contributed by atoms with E-state index in [0.29, 0.717) is 23.4 Å². The van der Waals surface area contributed by atoms with Gasteiger partial charge < -0.3 is 19.8 Å². The molecule has 0 aromatic carbocycles. The second-order valence-corrected chi connectivity index (χ2v) is 6.48. The number of anilines is 1. The third-order valence-electron chi connectivity index (χ3n) is 4.31. The number of hydrogen-bond donors (Lipinski definition) is 1. The number of aromatic nitrogens is 4. The Balaban J connectivity index is 2.05. The van der Waals surface area contributed by atoms with E-state index < -0.39 is 11.5 Å². The molecule has 1 aliphatic rings. The smallest absolute Gasteiger partial charge is 0.302 e. The highest BCUT2D eigenvalue weighted by molar-refractivity contribution is 6.33. The van der Waals surface area contributed by atoms with Crippen LogP contribution in [0.5, 0.6) is 0 Å². The summed E-state index contributed by atoms with van der Waals surface area (Å²) >= 11 is 6.12. The minimum absolute atomic E-state index is 0.0264. The van der Waals surface area contributed by atoms with Gasteiger partial charge in [-0.2, -0.15) is 9.97 Å². The Hall–Kier alpha value is -2.42. The first-order valence-electron chi connectivity index (χ1n) is 7.70. The molecule has 134 valence electrons. The van der Waals surface area contributed by atoms with Crippen LogP contribution in [0.15, 0.2) is 0 Å². The molecule has 0 saturated heterocycles. The summed E-state index contributed by atoms with van der Waals surface area (Å²) in [5.74, 6) is -0.142. The van der Waals surface area contributed by atoms with Gasteiger partial charge in [0.2, 0.25) is 5.95 Å². The Kier molecular flexibility index (Phi) is 4.28. The van der Waals surface area contributed by atoms with Crippen molar-refractivity contribution in [2.45, 2.75) is 32.7 Å². The maximum absolute atomic E-state index is 11.3. The molecule has 2 aromatic rings. The van der Waals surface area contributed by atoms with Crippen molar-refractivity contribution >= 4 is 40.7 Å². The van der Waals surface area contributed by atoms with E-state index in [1.807, 2.05) is 4.57 Å². The number of nitrogens with two attached hydrogens (primary N) is 1. The van der Waals surface area contributed by atoms with E-state index in [1.165, 1.54) is 13.8 Å². The molecule has 25 heavy (non-hydrogen) atoms. The maximum atomic E-state index is 11.3. The molecule has 0 radical (unpaired) electrons. The Labute approximate surface area is 148 Å². The number of hydrogen-bond acceptors (Lipinski definition) is 8. The molecule has 2 heterocycles. The van der Waals surface area contributed by atoms with Crippen LogP contribution in [0, 0.1) is 12.8 Å². The zero-order valence-electron chi connectivity index (χ0n) is 14.1. The molecule has 1 saturated carbocycles. The number of ether oxygens (including phenoxy) is 2. The number of carbonyl (C=O) groups is 2. The molecule has 0 amide bonds. The van der Waals surface area contributed by atoms with Crippen molar-refractivity contribution in [3.05, 3.63) is 11.0 Å². The molecule has 2 N–H and O–H groups in total. The van der Waals surface area contributed by atoms with Gasteiger partial charge in [0, 0.05) is 19.8 Å². The molecule has 1 aliphatic carbocycles. The standard InChI is InChI=1S/C15H18ClN5O4/c1-7-18-11-12(16)19-14(17)20-13(11)21(7)15(6-25-9(3)23)4-10(15)5-24-8(2)22/h10H,4-6H2,1-3H3,(H2,17,19,20)/t10-,15+/m0/s1. The Morgan fingerprint density at radius 1 is 1.28 bits per heavy atom. The van der Waals surface area contributed by atoms with Crippen molar-refractivity contribution in [3.63, 3.8) is 0 Å². The van der Waals surface area contributed by atoms with Crippen molar-refractivity contribution in [2.75, 3.05) is 18.9 Å². The predicted molar refractivity (Wildman–Crippen MR) is 88.8 cm³/mol. The molecule has 9 nitrogen and oxygen atoms in total. The van der Waals surface area contributed by atoms with E-state index >= 15 is 0 Å². The lowest BCUT2D eigenvalue weighted by Crippen LogP contribution is -2.30. The van der Waals surface area contributed by atoms with Crippen molar-refractivity contribution in [3.8, 4) is 0 Å². The number of halogens is 1. The highest BCUT2D eigenvalue weighted by Crippen LogP contribution is 2.52. The van der Waals surface area contributed by atoms with Crippen molar-refractivity contribution < 1.29 is 19.1 Å². The van der Waals surface area contributed by atoms with Gasteiger partial charge in [0.15, 0.2) is 10.8 Å². The zero-order chi connectivity index (χ0) is 18.4. The summed E-state index contributed by atoms with van der Waals surface area (Å²) in [6.45, 7) is 4.81. The van der Waals surface area contributed by atoms with Crippen LogP contribution >= 0.6 is 11.6 Å². The number of carbonyl (C=O) groups excluding carboxylic acids is 2. The Morgan fingerprint density at radius 3 is 2.60 bits per heavy atom. The van der Waals surface area contributed by atoms with Gasteiger partial charge in [-0.3, -0.25) is 9.59 Å². The van der Waals surface area contributed by atoms with Gasteiger partial charge >= 0.3 is 11.9 Å². The fraction of sp³-hybridized carbons (Fsp3) is 0.533. The van der Waals surface area contributed by atoms with Crippen LogP contribution in [0.2, 0.25) is 5.15 Å². The van der Waals surface area contributed by atoms with E-state index in [9.17, 15) is 9.59 Å². The van der Waals surface area contributed by atoms with Gasteiger partial charge in [0.1, 0.15) is 17.9 Å². The van der Waals surface area contributed by atoms with E-state index in [4.69, 9.17) is 26.8 Å². The van der Waals surface area contributed by atoms with Crippen molar-refractivity contribution in [1.29, 1.82) is 0 Å². The SMILES string of the molecule is CC(=O)OC[C@@H]1C[C@]1(COC(C)=O)n1c(C)nc2c(Cl)nc(N)nc21. The second kappa shape index (κ2) is 6.14. The van der Waals surface area contributed by atoms with Gasteiger partial charge in [-0.05, 0) is 13.3 Å². The largest absolute Gasteiger partial charge is 0.465 e. The van der Waals surface area contributed by atoms with E-state index in [1.54, 1.807) is 6.92 Å². The molecular formula is C15H18ClN5O4. The fourth-order valence-corrected chi connectivity index (χ4v) is 3.34. The summed E-state index contributed by atoms with van der Waals surface area (Å²) in [7, 11) is 0. The summed E-state index contributed by atoms with van der Waals surface area (Å²) in [6.07, 6.45) is 0.640. The quantitative estimate of drug-likeness (QED) is 0.618. The lowest BCUT2D eigenvalue weighted by atomic mass is 10.2. The first-order valence-corrected chi connectivity index (χ1v) is 8.07. The molecule has 0 unspecified atom stereocenters. The lowest BCUT2D eigenvalue weighted by Gasteiger charge is -2.21. The number of imidazole rings is 1. The fourth-order valence-electron chi connectivity index (χ4n) is 3.12. The summed E-state index contributed by atoms with van der Waals surface area (Å²) in [5.41, 5.74) is 6.00. The van der Waals surface area contributed by atoms with E-state index in [0.717, 1.165) is 0 Å². The highest BCUT2D eigenvalue weighted by Gasteiger charge is 2.58. The minimum Gasteiger partial charge on any atom is -0.465 e. The number of esters is 2. The molecule has 0 spiro atoms. The molecule has 1 fully saturated rings. The molecule has 2 aromatic heterocycles. The molecule has 0 bridgehead atoms. The van der Waals surface area contributed by atoms with Crippen LogP contribution < -0.4 is 5.73 Å². The summed E-state index contributed by atoms with van der Waals surface area (Å²) in [6, 6.07) is 0. The number of nitrogen functional groups attached to an aromatic ring is 1. The van der Waals surface area contributed by atoms with Crippen LogP contribution in [0.25, 0.3) is 11.2 Å². The topological polar surface area (TPSA) is 122 Å². The molecule has 10 heteroatoms. The lowest BCUT2D eigenvalue weighted by molar-refractivity contribution is -0.145. The summed E-state index contributed by atoms with van der Waals surface area (Å²) in [5, 5.41) is 0.157. The second-order valence-electron chi connectivity index (χ2n) is 6.13. The third kappa shape index (κ3) is 3.11. The number of fused-ring (bicyclic) bond motifs is 1. The maximum Gasteiger partial charge on any atom is 0.302 e. The minimum atomic E-state index is -0.607. The van der Waals surface area contributed by atoms with Gasteiger partial charge in [-0.15, -0.1) is 0 Å². The van der Waals surface area contributed by atoms with E-state index in [2.05, 4.69) is 15.0 Å². The van der Waals surface area contributed by atoms with Gasteiger partial charge in [0.05, 0.1) is 12.1 Å². The Bertz CT molecular complexity index is 867. The number of rotatable bonds is 5. The van der Waals surface area contributed by atoms with Crippen molar-refractivity contribution in [2.24, 2.45) is 5.92 Å². The average Bonchev–Trinajstić information content (AvgIpc) is 3.10. The summed E-state index contributed by atoms with van der Waals surface area (Å²) in [4.78, 5) is 35.0. The van der Waals surface area contributed by atoms with Gasteiger partial charge in [0.25, 0.3) is 0 Å². The monoisotopic (exact) mass is 367 g/mol. The van der Waals surface area contributed by atoms with E-state index in [-0.39, 0.29) is 36.2 Å². The van der Waals surface area contributed by atoms with Gasteiger partial charge in [-0.1, -0.05) is 11.6 Å². The van der Waals surface area contributed by atoms with Crippen LogP contribution in [-0.4, -0.2) is 44.7 Å². The van der Waals surface area contributed by atoms with Crippen LogP contribution in [-0.2, 0) is 24.6 Å². The average molecular weight is 368 g/mol. The highest BCUT2D eigenvalue weighted by atomic mass is 35.5. The number of nitrogens with zero attached hydrogens (tertiary/aromatic N) is 4. The van der Waals surface area contributed by atoms with Crippen molar-refractivity contribution in [1.82, 2.24) is 19.5 Å². The molecule has 3 rings (SSSR count). The first-order chi connectivity index (χ1) is 11.7. The molecule has 0 aliphatic heterocycles. The van der Waals surface area contributed by atoms with Crippen LogP contribution in [0.3, 0.4) is 0 Å². The first kappa shape index (κ1) is 17.4. The predicted octanol–water partition coefficient (Wildman–Crippen LogP) is 1.21. The molecule has 2 atom stereocenters. The summed E-state index contributed by atoms with van der Waals surface area (Å²) < 4.78 is 12.2. The zero-order valence-corrected chi connectivity index (χ0v) is 14.8. The Morgan fingerprint density at radius 2 is 1.96 bits per heavy atom. The third-order valence-corrected chi connectivity index (χ3v) is 4.57.